The Labute approximate surface area is 235 Å². The highest BCUT2D eigenvalue weighted by Crippen LogP contribution is 2.64. The Morgan fingerprint density at radius 3 is 1.87 bits per heavy atom. The Morgan fingerprint density at radius 2 is 1.36 bits per heavy atom. The number of hydrogen-bond donors (Lipinski definition) is 0. The molecule has 0 heterocycles. The fourth-order valence-corrected chi connectivity index (χ4v) is 7.23. The highest BCUT2D eigenvalue weighted by atomic mass is 14.6. The van der Waals surface area contributed by atoms with Gasteiger partial charge >= 0.3 is 0 Å². The van der Waals surface area contributed by atoms with Gasteiger partial charge in [0.1, 0.15) is 0 Å². The topological polar surface area (TPSA) is 0 Å². The van der Waals surface area contributed by atoms with E-state index in [0.717, 1.165) is 6.42 Å². The summed E-state index contributed by atoms with van der Waals surface area (Å²) in [6, 6.07) is 29.5. The minimum atomic E-state index is -0.352. The van der Waals surface area contributed by atoms with Crippen LogP contribution in [-0.2, 0) is 10.8 Å². The van der Waals surface area contributed by atoms with E-state index in [9.17, 15) is 0 Å². The zero-order valence-electron chi connectivity index (χ0n) is 24.3. The van der Waals surface area contributed by atoms with Crippen LogP contribution in [-0.4, -0.2) is 0 Å². The summed E-state index contributed by atoms with van der Waals surface area (Å²) in [7, 11) is 0. The van der Waals surface area contributed by atoms with Crippen LogP contribution in [0.25, 0.3) is 11.1 Å². The van der Waals surface area contributed by atoms with Crippen molar-refractivity contribution >= 4 is 11.1 Å². The Balaban J connectivity index is 1.75. The van der Waals surface area contributed by atoms with E-state index in [2.05, 4.69) is 145 Å². The highest BCUT2D eigenvalue weighted by Gasteiger charge is 2.54. The maximum Gasteiger partial charge on any atom is 0.0525 e. The van der Waals surface area contributed by atoms with E-state index < -0.39 is 0 Å². The first-order valence-corrected chi connectivity index (χ1v) is 14.3. The second kappa shape index (κ2) is 8.95. The fourth-order valence-electron chi connectivity index (χ4n) is 7.23. The lowest BCUT2D eigenvalue weighted by Crippen LogP contribution is -2.46. The van der Waals surface area contributed by atoms with E-state index in [-0.39, 0.29) is 22.2 Å². The summed E-state index contributed by atoms with van der Waals surface area (Å²) in [4.78, 5) is 0. The molecule has 0 fully saturated rings. The standard InChI is InChI=1S/C39H40/c1-26-31-23-22-30(37(2,3)4)24-32(31)33-25-34(38(5,6)7)39(28-18-10-8-11-19-28,29-20-12-9-13-21-29)36(35(26)33)27-16-14-15-17-27/h8-16,18-25,36H,1,17H2,2-7H3. The van der Waals surface area contributed by atoms with Crippen LogP contribution >= 0.6 is 0 Å². The molecule has 0 aliphatic heterocycles. The third kappa shape index (κ3) is 3.88. The van der Waals surface area contributed by atoms with Crippen molar-refractivity contribution < 1.29 is 0 Å². The van der Waals surface area contributed by atoms with Crippen molar-refractivity contribution in [2.45, 2.75) is 58.8 Å². The fraction of sp³-hybridized carbons (Fsp3) is 0.282. The van der Waals surface area contributed by atoms with Crippen molar-refractivity contribution in [3.63, 3.8) is 0 Å². The summed E-state index contributed by atoms with van der Waals surface area (Å²) in [5.41, 5.74) is 13.2. The van der Waals surface area contributed by atoms with Crippen molar-refractivity contribution in [2.75, 3.05) is 0 Å². The molecule has 0 heteroatoms. The van der Waals surface area contributed by atoms with Crippen molar-refractivity contribution in [1.82, 2.24) is 0 Å². The number of allylic oxidation sites excluding steroid dienone is 9. The van der Waals surface area contributed by atoms with Crippen molar-refractivity contribution in [2.24, 2.45) is 11.3 Å². The first kappa shape index (κ1) is 25.6. The SMILES string of the molecule is C=C1C2=C(C=C(C(C)(C)C)C(c3ccccc3)(c3ccccc3)C2C2=CC=CC2)c2cc(C(C)(C)C)ccc21. The lowest BCUT2D eigenvalue weighted by atomic mass is 9.50. The van der Waals surface area contributed by atoms with E-state index in [1.165, 1.54) is 55.7 Å². The average molecular weight is 509 g/mol. The molecule has 6 rings (SSSR count). The van der Waals surface area contributed by atoms with Gasteiger partial charge < -0.3 is 0 Å². The van der Waals surface area contributed by atoms with E-state index in [0.29, 0.717) is 0 Å². The molecule has 0 radical (unpaired) electrons. The zero-order valence-corrected chi connectivity index (χ0v) is 24.3. The average Bonchev–Trinajstić information content (AvgIpc) is 3.54. The summed E-state index contributed by atoms with van der Waals surface area (Å²) in [5, 5.41) is 0. The third-order valence-electron chi connectivity index (χ3n) is 8.99. The molecule has 196 valence electrons. The molecule has 0 saturated heterocycles. The highest BCUT2D eigenvalue weighted by molar-refractivity contribution is 6.05. The molecule has 0 aromatic heterocycles. The molecule has 0 nitrogen and oxygen atoms in total. The molecule has 0 N–H and O–H groups in total. The maximum absolute atomic E-state index is 4.80. The van der Waals surface area contributed by atoms with Crippen molar-refractivity contribution in [3.05, 3.63) is 154 Å². The number of rotatable bonds is 3. The first-order chi connectivity index (χ1) is 18.5. The summed E-state index contributed by atoms with van der Waals surface area (Å²) in [6.45, 7) is 18.9. The van der Waals surface area contributed by atoms with Crippen molar-refractivity contribution in [1.29, 1.82) is 0 Å². The van der Waals surface area contributed by atoms with E-state index in [1.807, 2.05) is 0 Å². The molecule has 0 spiro atoms. The molecule has 3 aromatic carbocycles. The zero-order chi connectivity index (χ0) is 27.6. The van der Waals surface area contributed by atoms with Crippen LogP contribution in [0.1, 0.15) is 75.8 Å². The van der Waals surface area contributed by atoms with Gasteiger partial charge in [-0.3, -0.25) is 0 Å². The molecule has 39 heavy (non-hydrogen) atoms. The molecule has 0 amide bonds. The predicted molar refractivity (Wildman–Crippen MR) is 168 cm³/mol. The smallest absolute Gasteiger partial charge is 0.0525 e. The summed E-state index contributed by atoms with van der Waals surface area (Å²) >= 11 is 0. The van der Waals surface area contributed by atoms with Gasteiger partial charge in [0.25, 0.3) is 0 Å². The molecule has 3 aliphatic rings. The minimum absolute atomic E-state index is 0.0687. The van der Waals surface area contributed by atoms with Crippen LogP contribution in [0.4, 0.5) is 0 Å². The van der Waals surface area contributed by atoms with Crippen LogP contribution in [0.2, 0.25) is 0 Å². The first-order valence-electron chi connectivity index (χ1n) is 14.3. The lowest BCUT2D eigenvalue weighted by Gasteiger charge is -2.52. The van der Waals surface area contributed by atoms with Crippen LogP contribution in [0, 0.1) is 11.3 Å². The molecular weight excluding hydrogens is 468 g/mol. The van der Waals surface area contributed by atoms with Gasteiger partial charge in [0.05, 0.1) is 5.41 Å². The second-order valence-corrected chi connectivity index (χ2v) is 13.5. The monoisotopic (exact) mass is 508 g/mol. The van der Waals surface area contributed by atoms with Gasteiger partial charge in [-0.1, -0.05) is 151 Å². The molecule has 3 aromatic rings. The van der Waals surface area contributed by atoms with Gasteiger partial charge in [0, 0.05) is 5.92 Å². The van der Waals surface area contributed by atoms with Gasteiger partial charge in [0.2, 0.25) is 0 Å². The largest absolute Gasteiger partial charge is 0.0908 e. The van der Waals surface area contributed by atoms with E-state index >= 15 is 0 Å². The Bertz CT molecular complexity index is 1530. The number of benzene rings is 3. The Hall–Kier alpha value is -3.64. The minimum Gasteiger partial charge on any atom is -0.0908 e. The quantitative estimate of drug-likeness (QED) is 0.330. The molecule has 1 unspecified atom stereocenters. The molecule has 1 atom stereocenters. The van der Waals surface area contributed by atoms with Gasteiger partial charge in [0.15, 0.2) is 0 Å². The van der Waals surface area contributed by atoms with Crippen LogP contribution in [0.5, 0.6) is 0 Å². The maximum atomic E-state index is 4.80. The van der Waals surface area contributed by atoms with Crippen molar-refractivity contribution in [3.8, 4) is 0 Å². The number of hydrogen-bond acceptors (Lipinski definition) is 0. The Kier molecular flexibility index (Phi) is 5.88. The third-order valence-corrected chi connectivity index (χ3v) is 8.99. The van der Waals surface area contributed by atoms with Gasteiger partial charge in [-0.2, -0.15) is 0 Å². The Morgan fingerprint density at radius 1 is 0.744 bits per heavy atom. The van der Waals surface area contributed by atoms with Gasteiger partial charge in [-0.25, -0.2) is 0 Å². The normalized spacial score (nSPS) is 20.1. The second-order valence-electron chi connectivity index (χ2n) is 13.5. The summed E-state index contributed by atoms with van der Waals surface area (Å²) in [6.07, 6.45) is 10.5. The van der Waals surface area contributed by atoms with E-state index in [1.54, 1.807) is 0 Å². The molecule has 0 saturated carbocycles. The molecule has 0 bridgehead atoms. The van der Waals surface area contributed by atoms with Gasteiger partial charge in [-0.05, 0) is 73.4 Å². The van der Waals surface area contributed by atoms with Crippen LogP contribution in [0.3, 0.4) is 0 Å². The molecular formula is C39H40. The van der Waals surface area contributed by atoms with Crippen LogP contribution < -0.4 is 0 Å². The summed E-state index contributed by atoms with van der Waals surface area (Å²) in [5.74, 6) is 0.143. The molecule has 3 aliphatic carbocycles. The lowest BCUT2D eigenvalue weighted by molar-refractivity contribution is 0.363. The predicted octanol–water partition coefficient (Wildman–Crippen LogP) is 10.2. The number of fused-ring (bicyclic) bond motifs is 2. The van der Waals surface area contributed by atoms with E-state index in [4.69, 9.17) is 6.58 Å². The summed E-state index contributed by atoms with van der Waals surface area (Å²) < 4.78 is 0. The van der Waals surface area contributed by atoms with Gasteiger partial charge in [-0.15, -0.1) is 0 Å². The van der Waals surface area contributed by atoms with Crippen LogP contribution in [0.15, 0.2) is 126 Å².